The molecule has 0 spiro atoms. The number of fused-ring (bicyclic) bond motifs is 4. The van der Waals surface area contributed by atoms with Crippen LogP contribution in [-0.2, 0) is 23.2 Å². The molecule has 10 nitrogen and oxygen atoms in total. The van der Waals surface area contributed by atoms with Crippen molar-refractivity contribution in [3.8, 4) is 0 Å². The number of pyridine rings is 1. The van der Waals surface area contributed by atoms with E-state index >= 15 is 0 Å². The lowest BCUT2D eigenvalue weighted by Gasteiger charge is -2.16. The zero-order valence-corrected chi connectivity index (χ0v) is 24.6. The minimum Gasteiger partial charge on any atom is -0.331 e. The van der Waals surface area contributed by atoms with Crippen LogP contribution in [-0.4, -0.2) is 48.1 Å². The molecular weight excluding hydrogens is 552 g/mol. The number of H-pyrrole nitrogens is 1. The van der Waals surface area contributed by atoms with Gasteiger partial charge in [-0.25, -0.2) is 4.72 Å². The third-order valence-corrected chi connectivity index (χ3v) is 8.62. The maximum Gasteiger partial charge on any atom is 0.316 e. The number of nitrogens with one attached hydrogen (secondary N) is 2. The van der Waals surface area contributed by atoms with E-state index in [0.29, 0.717) is 44.3 Å². The van der Waals surface area contributed by atoms with Crippen molar-refractivity contribution < 1.29 is 13.2 Å². The van der Waals surface area contributed by atoms with Crippen molar-refractivity contribution in [1.82, 2.24) is 18.7 Å². The molecule has 2 aromatic carbocycles. The monoisotopic (exact) mass is 584 g/mol. The van der Waals surface area contributed by atoms with Gasteiger partial charge in [-0.05, 0) is 55.0 Å². The summed E-state index contributed by atoms with van der Waals surface area (Å²) < 4.78 is 29.8. The molecule has 0 aliphatic heterocycles. The zero-order chi connectivity index (χ0) is 30.2. The Hall–Kier alpha value is -4.58. The number of aromatic amines is 1. The Morgan fingerprint density at radius 1 is 1.24 bits per heavy atom. The van der Waals surface area contributed by atoms with Gasteiger partial charge in [0.25, 0.3) is 11.5 Å². The van der Waals surface area contributed by atoms with E-state index in [4.69, 9.17) is 5.84 Å². The van der Waals surface area contributed by atoms with Crippen LogP contribution in [0.5, 0.6) is 0 Å². The number of carbonyl (C=O) groups excluding carboxylic acids is 1. The van der Waals surface area contributed by atoms with Gasteiger partial charge >= 0.3 is 10.2 Å². The number of aliphatic imine (C=N–C) groups is 1. The van der Waals surface area contributed by atoms with Gasteiger partial charge in [-0.3, -0.25) is 20.4 Å². The highest BCUT2D eigenvalue weighted by atomic mass is 32.2. The molecule has 216 valence electrons. The highest BCUT2D eigenvalue weighted by Gasteiger charge is 2.31. The molecular formula is C31H32N6O4S. The van der Waals surface area contributed by atoms with Gasteiger partial charge in [0, 0.05) is 52.9 Å². The topological polar surface area (TPSA) is 143 Å². The number of hydrazine groups is 1. The fraction of sp³-hybridized carbons (Fsp3) is 0.194. The minimum absolute atomic E-state index is 0.00333. The van der Waals surface area contributed by atoms with Gasteiger partial charge in [-0.1, -0.05) is 54.6 Å². The van der Waals surface area contributed by atoms with Crippen molar-refractivity contribution in [2.45, 2.75) is 26.8 Å². The molecule has 0 saturated heterocycles. The molecule has 42 heavy (non-hydrogen) atoms. The number of nitrogens with two attached hydrogens (primary N) is 1. The largest absolute Gasteiger partial charge is 0.331 e. The summed E-state index contributed by atoms with van der Waals surface area (Å²) in [6.07, 6.45) is 10.2. The van der Waals surface area contributed by atoms with Crippen LogP contribution >= 0.6 is 0 Å². The molecule has 0 saturated carbocycles. The molecule has 2 heterocycles. The van der Waals surface area contributed by atoms with Gasteiger partial charge in [0.05, 0.1) is 6.54 Å². The highest BCUT2D eigenvalue weighted by Crippen LogP contribution is 2.39. The van der Waals surface area contributed by atoms with Gasteiger partial charge in [0.2, 0.25) is 0 Å². The number of allylic oxidation sites excluding steroid dienone is 5. The van der Waals surface area contributed by atoms with Crippen LogP contribution in [0.25, 0.3) is 33.5 Å². The van der Waals surface area contributed by atoms with E-state index in [2.05, 4.69) is 14.7 Å². The number of rotatable bonds is 8. The normalized spacial score (nSPS) is 14.0. The van der Waals surface area contributed by atoms with E-state index in [1.165, 1.54) is 0 Å². The van der Waals surface area contributed by atoms with Crippen molar-refractivity contribution in [3.63, 3.8) is 0 Å². The summed E-state index contributed by atoms with van der Waals surface area (Å²) in [5, 5.41) is 1.62. The summed E-state index contributed by atoms with van der Waals surface area (Å²) in [6, 6.07) is 13.1. The summed E-state index contributed by atoms with van der Waals surface area (Å²) >= 11 is 0. The molecule has 1 aliphatic carbocycles. The van der Waals surface area contributed by atoms with Crippen molar-refractivity contribution in [3.05, 3.63) is 105 Å². The van der Waals surface area contributed by atoms with Crippen molar-refractivity contribution in [1.29, 1.82) is 0 Å². The van der Waals surface area contributed by atoms with E-state index in [9.17, 15) is 18.0 Å². The Balaban J connectivity index is 1.89. The summed E-state index contributed by atoms with van der Waals surface area (Å²) in [7, 11) is -1.56. The van der Waals surface area contributed by atoms with Gasteiger partial charge in [0.1, 0.15) is 5.69 Å². The lowest BCUT2D eigenvalue weighted by Crippen LogP contribution is -2.45. The fourth-order valence-electron chi connectivity index (χ4n) is 5.29. The first-order valence-corrected chi connectivity index (χ1v) is 14.8. The molecule has 0 radical (unpaired) electrons. The van der Waals surface area contributed by atoms with Gasteiger partial charge in [-0.15, -0.1) is 4.41 Å². The molecule has 0 bridgehead atoms. The minimum atomic E-state index is -4.35. The van der Waals surface area contributed by atoms with Crippen LogP contribution in [0.2, 0.25) is 0 Å². The third-order valence-electron chi connectivity index (χ3n) is 7.42. The SMILES string of the molecule is C/C=C\C=C(/C(C)=NC)c1c(C(=O)NS(=O)(=O)N(C)N)n(Cc2cc3ccccc3[nH]c2=O)c2ccc3c(c12)CC=C3. The lowest BCUT2D eigenvalue weighted by molar-refractivity contribution is 0.0971. The number of nitrogens with zero attached hydrogens (tertiary/aromatic N) is 3. The van der Waals surface area contributed by atoms with Crippen molar-refractivity contribution in [2.75, 3.05) is 14.1 Å². The van der Waals surface area contributed by atoms with Crippen LogP contribution in [0.15, 0.2) is 76.6 Å². The maximum atomic E-state index is 14.1. The second-order valence-corrected chi connectivity index (χ2v) is 11.8. The number of carbonyl (C=O) groups is 1. The number of hydrogen-bond acceptors (Lipinski definition) is 6. The van der Waals surface area contributed by atoms with Crippen LogP contribution in [0, 0.1) is 0 Å². The second kappa shape index (κ2) is 11.4. The Morgan fingerprint density at radius 3 is 2.71 bits per heavy atom. The fourth-order valence-corrected chi connectivity index (χ4v) is 5.76. The highest BCUT2D eigenvalue weighted by molar-refractivity contribution is 7.87. The third kappa shape index (κ3) is 5.13. The molecule has 1 aliphatic rings. The Morgan fingerprint density at radius 2 is 2.00 bits per heavy atom. The molecule has 1 amide bonds. The van der Waals surface area contributed by atoms with Gasteiger partial charge < -0.3 is 9.55 Å². The molecule has 11 heteroatoms. The predicted molar refractivity (Wildman–Crippen MR) is 169 cm³/mol. The first-order valence-electron chi connectivity index (χ1n) is 13.4. The standard InChI is InChI=1S/C31H32N6O4S/c1-5-6-12-23(19(2)33-3)28-27-24-13-9-11-20(24)15-16-26(27)37(29(28)31(39)35-42(40,41)36(4)32)18-22-17-21-10-7-8-14-25(21)34-30(22)38/h5-12,14-17H,13,18,32H2,1-4H3,(H,34,38)(H,35,39)/b6-5-,23-12+,33-19?. The van der Waals surface area contributed by atoms with E-state index < -0.39 is 16.1 Å². The van der Waals surface area contributed by atoms with Crippen LogP contribution in [0.3, 0.4) is 0 Å². The van der Waals surface area contributed by atoms with Gasteiger partial charge in [-0.2, -0.15) is 8.42 Å². The maximum absolute atomic E-state index is 14.1. The van der Waals surface area contributed by atoms with Crippen LogP contribution in [0.1, 0.15) is 46.6 Å². The number of para-hydroxylation sites is 1. The van der Waals surface area contributed by atoms with Crippen molar-refractivity contribution in [2.24, 2.45) is 10.8 Å². The summed E-state index contributed by atoms with van der Waals surface area (Å²) in [5.74, 6) is 4.66. The number of amides is 1. The molecule has 0 unspecified atom stereocenters. The Kier molecular flexibility index (Phi) is 7.83. The molecule has 2 aromatic heterocycles. The quantitative estimate of drug-likeness (QED) is 0.125. The first-order chi connectivity index (χ1) is 20.1. The smallest absolute Gasteiger partial charge is 0.316 e. The average molecular weight is 585 g/mol. The number of aromatic nitrogens is 2. The van der Waals surface area contributed by atoms with Crippen molar-refractivity contribution >= 4 is 55.3 Å². The summed E-state index contributed by atoms with van der Waals surface area (Å²) in [4.78, 5) is 34.7. The summed E-state index contributed by atoms with van der Waals surface area (Å²) in [5.41, 5.74) is 5.36. The van der Waals surface area contributed by atoms with E-state index in [-0.39, 0.29) is 17.8 Å². The number of benzene rings is 2. The van der Waals surface area contributed by atoms with E-state index in [1.807, 2.05) is 80.6 Å². The van der Waals surface area contributed by atoms with E-state index in [0.717, 1.165) is 28.9 Å². The Bertz CT molecular complexity index is 2030. The molecule has 0 fully saturated rings. The van der Waals surface area contributed by atoms with E-state index in [1.54, 1.807) is 17.7 Å². The summed E-state index contributed by atoms with van der Waals surface area (Å²) in [6.45, 7) is 3.71. The number of hydrogen-bond donors (Lipinski definition) is 3. The predicted octanol–water partition coefficient (Wildman–Crippen LogP) is 3.93. The average Bonchev–Trinajstić information content (AvgIpc) is 3.56. The van der Waals surface area contributed by atoms with Crippen LogP contribution in [0.4, 0.5) is 0 Å². The lowest BCUT2D eigenvalue weighted by atomic mass is 9.93. The van der Waals surface area contributed by atoms with Gasteiger partial charge in [0.15, 0.2) is 0 Å². The van der Waals surface area contributed by atoms with Crippen LogP contribution < -0.4 is 16.1 Å². The molecule has 4 N–H and O–H groups in total. The molecule has 5 rings (SSSR count). The Labute approximate surface area is 243 Å². The second-order valence-electron chi connectivity index (χ2n) is 10.0. The molecule has 4 aromatic rings. The first kappa shape index (κ1) is 28.9. The zero-order valence-electron chi connectivity index (χ0n) is 23.8. The molecule has 0 atom stereocenters.